The highest BCUT2D eigenvalue weighted by Gasteiger charge is 2.45. The second-order valence-corrected chi connectivity index (χ2v) is 8.66. The lowest BCUT2D eigenvalue weighted by Crippen LogP contribution is -2.60. The second kappa shape index (κ2) is 13.1. The van der Waals surface area contributed by atoms with Crippen molar-refractivity contribution < 1.29 is 54.7 Å². The van der Waals surface area contributed by atoms with E-state index in [0.717, 1.165) is 0 Å². The first-order valence-electron chi connectivity index (χ1n) is 11.7. The van der Waals surface area contributed by atoms with Gasteiger partial charge >= 0.3 is 0 Å². The van der Waals surface area contributed by atoms with Crippen molar-refractivity contribution in [3.63, 3.8) is 0 Å². The van der Waals surface area contributed by atoms with Crippen LogP contribution in [0, 0.1) is 0 Å². The summed E-state index contributed by atoms with van der Waals surface area (Å²) >= 11 is 0. The van der Waals surface area contributed by atoms with Gasteiger partial charge in [0, 0.05) is 17.5 Å². The summed E-state index contributed by atoms with van der Waals surface area (Å²) in [5.41, 5.74) is 1.72. The predicted octanol–water partition coefficient (Wildman–Crippen LogP) is -0.0878. The molecule has 1 fully saturated rings. The molecule has 11 heteroatoms. The third-order valence-corrected chi connectivity index (χ3v) is 6.15. The third kappa shape index (κ3) is 6.70. The highest BCUT2D eigenvalue weighted by atomic mass is 16.7. The number of phenolic OH excluding ortho intramolecular Hbond substituents is 1. The number of hydrogen-bond donors (Lipinski definition) is 7. The van der Waals surface area contributed by atoms with Gasteiger partial charge in [-0.25, -0.2) is 0 Å². The van der Waals surface area contributed by atoms with Crippen molar-refractivity contribution in [2.75, 3.05) is 34.0 Å². The maximum Gasteiger partial charge on any atom is 0.229 e. The SMILES string of the molecule is COc1cc(O)cc(C[C@@H](CO)c2cc(/C=C/CO)cc(OC)c2O[C@@H]2O[C@H](CO)[C@@H](O)[C@H](O)[C@H]2O)c1. The first kappa shape index (κ1) is 28.7. The zero-order valence-electron chi connectivity index (χ0n) is 20.6. The zero-order chi connectivity index (χ0) is 27.1. The van der Waals surface area contributed by atoms with Crippen molar-refractivity contribution in [3.05, 3.63) is 53.1 Å². The Morgan fingerprint density at radius 2 is 1.70 bits per heavy atom. The maximum absolute atomic E-state index is 10.5. The Bertz CT molecular complexity index is 1060. The summed E-state index contributed by atoms with van der Waals surface area (Å²) < 4.78 is 22.2. The van der Waals surface area contributed by atoms with Crippen molar-refractivity contribution >= 4 is 6.08 Å². The van der Waals surface area contributed by atoms with E-state index in [-0.39, 0.29) is 36.9 Å². The lowest BCUT2D eigenvalue weighted by atomic mass is 9.90. The Hall–Kier alpha value is -2.90. The molecular formula is C26H34O11. The minimum atomic E-state index is -1.66. The van der Waals surface area contributed by atoms with Crippen LogP contribution in [0.1, 0.15) is 22.6 Å². The summed E-state index contributed by atoms with van der Waals surface area (Å²) in [4.78, 5) is 0. The molecule has 0 unspecified atom stereocenters. The summed E-state index contributed by atoms with van der Waals surface area (Å²) in [6.45, 7) is -1.18. The molecule has 0 spiro atoms. The fraction of sp³-hybridized carbons (Fsp3) is 0.462. The summed E-state index contributed by atoms with van der Waals surface area (Å²) in [6.07, 6.45) is -4.13. The molecule has 2 aromatic rings. The molecule has 204 valence electrons. The Morgan fingerprint density at radius 3 is 2.32 bits per heavy atom. The molecule has 37 heavy (non-hydrogen) atoms. The Labute approximate surface area is 214 Å². The first-order chi connectivity index (χ1) is 17.8. The van der Waals surface area contributed by atoms with Gasteiger partial charge in [0.15, 0.2) is 11.5 Å². The van der Waals surface area contributed by atoms with E-state index in [9.17, 15) is 35.7 Å². The number of aliphatic hydroxyl groups excluding tert-OH is 6. The number of aliphatic hydroxyl groups is 6. The normalized spacial score (nSPS) is 24.7. The predicted molar refractivity (Wildman–Crippen MR) is 132 cm³/mol. The smallest absolute Gasteiger partial charge is 0.229 e. The molecule has 1 heterocycles. The number of phenols is 1. The van der Waals surface area contributed by atoms with Crippen LogP contribution in [0.2, 0.25) is 0 Å². The van der Waals surface area contributed by atoms with Gasteiger partial charge in [-0.3, -0.25) is 0 Å². The van der Waals surface area contributed by atoms with E-state index in [0.29, 0.717) is 22.4 Å². The fourth-order valence-corrected chi connectivity index (χ4v) is 4.23. The van der Waals surface area contributed by atoms with E-state index in [1.54, 1.807) is 24.3 Å². The van der Waals surface area contributed by atoms with Crippen LogP contribution >= 0.6 is 0 Å². The van der Waals surface area contributed by atoms with Crippen LogP contribution in [-0.2, 0) is 11.2 Å². The molecule has 1 aliphatic rings. The van der Waals surface area contributed by atoms with Crippen LogP contribution < -0.4 is 14.2 Å². The van der Waals surface area contributed by atoms with E-state index >= 15 is 0 Å². The van der Waals surface area contributed by atoms with Crippen molar-refractivity contribution in [1.82, 2.24) is 0 Å². The molecule has 0 saturated carbocycles. The van der Waals surface area contributed by atoms with E-state index in [1.807, 2.05) is 0 Å². The number of ether oxygens (including phenoxy) is 4. The van der Waals surface area contributed by atoms with Crippen molar-refractivity contribution in [3.8, 4) is 23.0 Å². The number of rotatable bonds is 11. The summed E-state index contributed by atoms with van der Waals surface area (Å²) in [7, 11) is 2.86. The first-order valence-corrected chi connectivity index (χ1v) is 11.7. The lowest BCUT2D eigenvalue weighted by molar-refractivity contribution is -0.277. The number of benzene rings is 2. The van der Waals surface area contributed by atoms with E-state index in [4.69, 9.17) is 18.9 Å². The summed E-state index contributed by atoms with van der Waals surface area (Å²) in [5.74, 6) is 0.114. The molecule has 7 N–H and O–H groups in total. The zero-order valence-corrected chi connectivity index (χ0v) is 20.6. The van der Waals surface area contributed by atoms with Crippen molar-refractivity contribution in [2.24, 2.45) is 0 Å². The van der Waals surface area contributed by atoms with Gasteiger partial charge in [0.05, 0.1) is 34.0 Å². The van der Waals surface area contributed by atoms with Crippen molar-refractivity contribution in [1.29, 1.82) is 0 Å². The number of hydrogen-bond acceptors (Lipinski definition) is 11. The van der Waals surface area contributed by atoms with Gasteiger partial charge in [0.1, 0.15) is 35.9 Å². The van der Waals surface area contributed by atoms with Crippen molar-refractivity contribution in [2.45, 2.75) is 43.0 Å². The van der Waals surface area contributed by atoms with E-state index < -0.39 is 43.2 Å². The second-order valence-electron chi connectivity index (χ2n) is 8.66. The molecule has 0 aromatic heterocycles. The van der Waals surface area contributed by atoms with Gasteiger partial charge in [-0.1, -0.05) is 12.2 Å². The maximum atomic E-state index is 10.5. The Morgan fingerprint density at radius 1 is 0.946 bits per heavy atom. The molecule has 0 radical (unpaired) electrons. The molecule has 11 nitrogen and oxygen atoms in total. The summed E-state index contributed by atoms with van der Waals surface area (Å²) in [5, 5.41) is 70.0. The van der Waals surface area contributed by atoms with Gasteiger partial charge in [-0.15, -0.1) is 0 Å². The van der Waals surface area contributed by atoms with E-state index in [1.165, 1.54) is 32.4 Å². The minimum Gasteiger partial charge on any atom is -0.508 e. The largest absolute Gasteiger partial charge is 0.508 e. The molecule has 0 bridgehead atoms. The van der Waals surface area contributed by atoms with Crippen LogP contribution in [0.4, 0.5) is 0 Å². The molecule has 2 aromatic carbocycles. The average molecular weight is 523 g/mol. The van der Waals surface area contributed by atoms with Gasteiger partial charge in [0.25, 0.3) is 0 Å². The highest BCUT2D eigenvalue weighted by molar-refractivity contribution is 5.60. The van der Waals surface area contributed by atoms with Gasteiger partial charge < -0.3 is 54.7 Å². The standard InChI is InChI=1S/C26H34O11/c1-34-18-8-15(7-17(30)11-18)6-16(12-28)19-9-14(4-3-5-27)10-20(35-2)25(19)37-26-24(33)23(32)22(31)21(13-29)36-26/h3-4,7-11,16,21-24,26-33H,5-6,12-13H2,1-2H3/b4-3+/t16-,21+,22+,23-,24+,26-/m0/s1. The van der Waals surface area contributed by atoms with Crippen LogP contribution in [0.25, 0.3) is 6.08 Å². The number of aromatic hydroxyl groups is 1. The Balaban J connectivity index is 2.07. The van der Waals surface area contributed by atoms with Gasteiger partial charge in [0.2, 0.25) is 6.29 Å². The number of methoxy groups -OCH3 is 2. The van der Waals surface area contributed by atoms with E-state index in [2.05, 4.69) is 0 Å². The molecule has 1 saturated heterocycles. The molecule has 6 atom stereocenters. The molecule has 0 amide bonds. The van der Waals surface area contributed by atoms with Crippen LogP contribution in [0.15, 0.2) is 36.4 Å². The lowest BCUT2D eigenvalue weighted by Gasteiger charge is -2.40. The molecule has 1 aliphatic heterocycles. The highest BCUT2D eigenvalue weighted by Crippen LogP contribution is 2.41. The van der Waals surface area contributed by atoms with Crippen LogP contribution in [0.5, 0.6) is 23.0 Å². The molecule has 3 rings (SSSR count). The quantitative estimate of drug-likeness (QED) is 0.210. The monoisotopic (exact) mass is 522 g/mol. The van der Waals surface area contributed by atoms with Gasteiger partial charge in [-0.05, 0) is 41.8 Å². The van der Waals surface area contributed by atoms with Crippen LogP contribution in [0.3, 0.4) is 0 Å². The molecular weight excluding hydrogens is 488 g/mol. The van der Waals surface area contributed by atoms with Crippen LogP contribution in [-0.4, -0.2) is 100 Å². The minimum absolute atomic E-state index is 0.0129. The topological polar surface area (TPSA) is 179 Å². The molecule has 0 aliphatic carbocycles. The average Bonchev–Trinajstić information content (AvgIpc) is 2.90. The van der Waals surface area contributed by atoms with Gasteiger partial charge in [-0.2, -0.15) is 0 Å². The Kier molecular flexibility index (Phi) is 10.1. The summed E-state index contributed by atoms with van der Waals surface area (Å²) in [6, 6.07) is 8.02. The fourth-order valence-electron chi connectivity index (χ4n) is 4.23. The third-order valence-electron chi connectivity index (χ3n) is 6.15.